The number of carbonyl (C=O) groups is 1. The van der Waals surface area contributed by atoms with Crippen LogP contribution in [0.2, 0.25) is 0 Å². The van der Waals surface area contributed by atoms with E-state index in [9.17, 15) is 4.79 Å². The molecule has 0 N–H and O–H groups in total. The zero-order chi connectivity index (χ0) is 16.9. The van der Waals surface area contributed by atoms with E-state index >= 15 is 0 Å². The molecule has 0 fully saturated rings. The number of aldehydes is 1. The van der Waals surface area contributed by atoms with Crippen LogP contribution in [0, 0.1) is 0 Å². The highest BCUT2D eigenvalue weighted by Crippen LogP contribution is 2.24. The van der Waals surface area contributed by atoms with Crippen molar-refractivity contribution in [3.8, 4) is 0 Å². The third-order valence-corrected chi connectivity index (χ3v) is 3.99. The average molecular weight is 335 g/mol. The van der Waals surface area contributed by atoms with E-state index in [4.69, 9.17) is 0 Å². The molecule has 0 aliphatic carbocycles. The summed E-state index contributed by atoms with van der Waals surface area (Å²) in [6.07, 6.45) is 2.76. The Hall–Kier alpha value is -2.58. The monoisotopic (exact) mass is 335 g/mol. The van der Waals surface area contributed by atoms with Gasteiger partial charge in [0.1, 0.15) is 6.67 Å². The van der Waals surface area contributed by atoms with Gasteiger partial charge in [-0.15, -0.1) is 9.24 Å². The first-order chi connectivity index (χ1) is 11.7. The fraction of sp³-hybridized carbons (Fsp3) is 0.105. The molecule has 5 heteroatoms. The molecule has 1 heterocycles. The van der Waals surface area contributed by atoms with Crippen molar-refractivity contribution in [2.75, 3.05) is 6.67 Å². The van der Waals surface area contributed by atoms with Crippen LogP contribution in [0.5, 0.6) is 0 Å². The van der Waals surface area contributed by atoms with Gasteiger partial charge in [-0.05, 0) is 29.9 Å². The SMILES string of the molecule is C/C(C=O)=N\N1CN=C(c2ccccc2)C=C1c1cccc(P)c1. The van der Waals surface area contributed by atoms with Crippen molar-refractivity contribution in [1.82, 2.24) is 5.01 Å². The second kappa shape index (κ2) is 7.33. The lowest BCUT2D eigenvalue weighted by Gasteiger charge is -2.25. The molecule has 4 nitrogen and oxygen atoms in total. The van der Waals surface area contributed by atoms with E-state index in [0.29, 0.717) is 12.4 Å². The van der Waals surface area contributed by atoms with Crippen LogP contribution in [0.4, 0.5) is 0 Å². The predicted molar refractivity (Wildman–Crippen MR) is 103 cm³/mol. The Morgan fingerprint density at radius 1 is 1.17 bits per heavy atom. The highest BCUT2D eigenvalue weighted by Gasteiger charge is 2.18. The molecule has 3 rings (SSSR count). The van der Waals surface area contributed by atoms with E-state index in [2.05, 4.69) is 25.4 Å². The number of benzene rings is 2. The average Bonchev–Trinajstić information content (AvgIpc) is 2.62. The lowest BCUT2D eigenvalue weighted by atomic mass is 10.0. The van der Waals surface area contributed by atoms with Gasteiger partial charge in [0, 0.05) is 5.56 Å². The maximum Gasteiger partial charge on any atom is 0.165 e. The highest BCUT2D eigenvalue weighted by molar-refractivity contribution is 7.27. The minimum absolute atomic E-state index is 0.377. The summed E-state index contributed by atoms with van der Waals surface area (Å²) in [5.41, 5.74) is 4.35. The van der Waals surface area contributed by atoms with Gasteiger partial charge < -0.3 is 0 Å². The molecule has 0 radical (unpaired) electrons. The van der Waals surface area contributed by atoms with Gasteiger partial charge in [-0.2, -0.15) is 5.10 Å². The number of allylic oxidation sites excluding steroid dienone is 1. The standard InChI is InChI=1S/C19H18N3OP/c1-14(12-23)21-22-13-20-18(15-6-3-2-4-7-15)11-19(22)16-8-5-9-17(24)10-16/h2-12H,13,24H2,1H3/b21-14+. The molecule has 1 aliphatic heterocycles. The van der Waals surface area contributed by atoms with E-state index in [1.165, 1.54) is 0 Å². The number of hydrazone groups is 1. The van der Waals surface area contributed by atoms with E-state index < -0.39 is 0 Å². The van der Waals surface area contributed by atoms with E-state index in [0.717, 1.165) is 34.1 Å². The maximum atomic E-state index is 10.9. The maximum absolute atomic E-state index is 10.9. The van der Waals surface area contributed by atoms with Crippen LogP contribution in [-0.4, -0.2) is 29.4 Å². The predicted octanol–water partition coefficient (Wildman–Crippen LogP) is 2.87. The lowest BCUT2D eigenvalue weighted by molar-refractivity contribution is -0.102. The van der Waals surface area contributed by atoms with E-state index in [-0.39, 0.29) is 0 Å². The van der Waals surface area contributed by atoms with Crippen LogP contribution < -0.4 is 5.30 Å². The molecular formula is C19H18N3OP. The van der Waals surface area contributed by atoms with Gasteiger partial charge >= 0.3 is 0 Å². The minimum atomic E-state index is 0.377. The summed E-state index contributed by atoms with van der Waals surface area (Å²) in [7, 11) is 2.70. The van der Waals surface area contributed by atoms with Crippen molar-refractivity contribution in [3.63, 3.8) is 0 Å². The lowest BCUT2D eigenvalue weighted by Crippen LogP contribution is -2.24. The smallest absolute Gasteiger partial charge is 0.165 e. The molecular weight excluding hydrogens is 317 g/mol. The third kappa shape index (κ3) is 3.66. The van der Waals surface area contributed by atoms with Crippen molar-refractivity contribution in [2.24, 2.45) is 10.1 Å². The van der Waals surface area contributed by atoms with Crippen LogP contribution in [-0.2, 0) is 4.79 Å². The summed E-state index contributed by atoms with van der Waals surface area (Å²) >= 11 is 0. The number of aliphatic imine (C=N–C) groups is 1. The van der Waals surface area contributed by atoms with Crippen LogP contribution in [0.3, 0.4) is 0 Å². The molecule has 0 spiro atoms. The third-order valence-electron chi connectivity index (χ3n) is 3.63. The Morgan fingerprint density at radius 2 is 1.92 bits per heavy atom. The molecule has 0 aromatic heterocycles. The van der Waals surface area contributed by atoms with Crippen LogP contribution in [0.25, 0.3) is 5.70 Å². The van der Waals surface area contributed by atoms with Gasteiger partial charge in [0.25, 0.3) is 0 Å². The van der Waals surface area contributed by atoms with Crippen LogP contribution >= 0.6 is 9.24 Å². The number of hydrogen-bond donors (Lipinski definition) is 0. The molecule has 0 amide bonds. The van der Waals surface area contributed by atoms with Crippen molar-refractivity contribution < 1.29 is 4.79 Å². The minimum Gasteiger partial charge on any atom is -0.296 e. The van der Waals surface area contributed by atoms with Crippen molar-refractivity contribution >= 4 is 38.0 Å². The summed E-state index contributed by atoms with van der Waals surface area (Å²) < 4.78 is 0. The summed E-state index contributed by atoms with van der Waals surface area (Å²) in [4.78, 5) is 15.6. The van der Waals surface area contributed by atoms with Gasteiger partial charge in [-0.1, -0.05) is 48.5 Å². The summed E-state index contributed by atoms with van der Waals surface area (Å²) in [6.45, 7) is 2.06. The Bertz CT molecular complexity index is 841. The highest BCUT2D eigenvalue weighted by atomic mass is 31.0. The van der Waals surface area contributed by atoms with Gasteiger partial charge in [0.05, 0.1) is 17.1 Å². The van der Waals surface area contributed by atoms with Crippen molar-refractivity contribution in [2.45, 2.75) is 6.92 Å². The number of rotatable bonds is 4. The molecule has 1 unspecified atom stereocenters. The van der Waals surface area contributed by atoms with Gasteiger partial charge in [0.15, 0.2) is 6.29 Å². The topological polar surface area (TPSA) is 45.0 Å². The molecule has 24 heavy (non-hydrogen) atoms. The summed E-state index contributed by atoms with van der Waals surface area (Å²) in [6, 6.07) is 18.2. The van der Waals surface area contributed by atoms with E-state index in [1.54, 1.807) is 11.9 Å². The normalized spacial score (nSPS) is 14.9. The quantitative estimate of drug-likeness (QED) is 0.490. The fourth-order valence-corrected chi connectivity index (χ4v) is 2.77. The molecule has 0 bridgehead atoms. The van der Waals surface area contributed by atoms with Crippen LogP contribution in [0.1, 0.15) is 18.1 Å². The van der Waals surface area contributed by atoms with Crippen molar-refractivity contribution in [1.29, 1.82) is 0 Å². The number of hydrogen-bond acceptors (Lipinski definition) is 4. The van der Waals surface area contributed by atoms with Gasteiger partial charge in [-0.3, -0.25) is 9.79 Å². The van der Waals surface area contributed by atoms with Gasteiger partial charge in [-0.25, -0.2) is 5.01 Å². The summed E-state index contributed by atoms with van der Waals surface area (Å²) in [5.74, 6) is 0. The molecule has 2 aromatic carbocycles. The fourth-order valence-electron chi connectivity index (χ4n) is 2.48. The second-order valence-electron chi connectivity index (χ2n) is 5.46. The number of carbonyl (C=O) groups excluding carboxylic acids is 1. The Labute approximate surface area is 143 Å². The molecule has 120 valence electrons. The molecule has 1 atom stereocenters. The first-order valence-corrected chi connectivity index (χ1v) is 8.20. The second-order valence-corrected chi connectivity index (χ2v) is 6.13. The zero-order valence-electron chi connectivity index (χ0n) is 13.4. The largest absolute Gasteiger partial charge is 0.296 e. The number of nitrogens with zero attached hydrogens (tertiary/aromatic N) is 3. The van der Waals surface area contributed by atoms with Crippen molar-refractivity contribution in [3.05, 3.63) is 71.8 Å². The Kier molecular flexibility index (Phi) is 4.97. The first kappa shape index (κ1) is 16.3. The Morgan fingerprint density at radius 3 is 2.62 bits per heavy atom. The zero-order valence-corrected chi connectivity index (χ0v) is 14.5. The first-order valence-electron chi connectivity index (χ1n) is 7.63. The molecule has 0 saturated carbocycles. The summed E-state index contributed by atoms with van der Waals surface area (Å²) in [5, 5.41) is 7.22. The van der Waals surface area contributed by atoms with Gasteiger partial charge in [0.2, 0.25) is 0 Å². The molecule has 1 aliphatic rings. The molecule has 2 aromatic rings. The molecule has 0 saturated heterocycles. The Balaban J connectivity index is 2.06. The van der Waals surface area contributed by atoms with Crippen LogP contribution in [0.15, 0.2) is 70.8 Å². The van der Waals surface area contributed by atoms with E-state index in [1.807, 2.05) is 54.6 Å².